The smallest absolute Gasteiger partial charge is 0.243 e. The van der Waals surface area contributed by atoms with Crippen LogP contribution in [0.4, 0.5) is 5.69 Å². The molecule has 1 fully saturated rings. The van der Waals surface area contributed by atoms with Crippen molar-refractivity contribution in [3.63, 3.8) is 0 Å². The molecule has 0 bridgehead atoms. The molecular formula is C24H32N2O3S. The Morgan fingerprint density at radius 3 is 2.10 bits per heavy atom. The van der Waals surface area contributed by atoms with Gasteiger partial charge in [-0.25, -0.2) is 8.42 Å². The highest BCUT2D eigenvalue weighted by Gasteiger charge is 2.25. The van der Waals surface area contributed by atoms with Crippen LogP contribution in [0.3, 0.4) is 0 Å². The zero-order chi connectivity index (χ0) is 21.7. The number of nitrogens with zero attached hydrogens (tertiary/aromatic N) is 1. The maximum absolute atomic E-state index is 12.7. The van der Waals surface area contributed by atoms with Gasteiger partial charge in [0.15, 0.2) is 0 Å². The average Bonchev–Trinajstić information content (AvgIpc) is 2.74. The minimum atomic E-state index is -3.46. The number of nitrogens with one attached hydrogen (secondary N) is 1. The molecule has 3 rings (SSSR count). The lowest BCUT2D eigenvalue weighted by atomic mass is 9.96. The van der Waals surface area contributed by atoms with Crippen molar-refractivity contribution in [2.24, 2.45) is 5.92 Å². The van der Waals surface area contributed by atoms with Crippen molar-refractivity contribution in [3.8, 4) is 0 Å². The largest absolute Gasteiger partial charge is 0.326 e. The molecule has 0 spiro atoms. The fraction of sp³-hybridized carbons (Fsp3) is 0.458. The summed E-state index contributed by atoms with van der Waals surface area (Å²) in [5.74, 6) is 0.186. The van der Waals surface area contributed by atoms with E-state index in [1.807, 2.05) is 19.1 Å². The van der Waals surface area contributed by atoms with Crippen LogP contribution in [0.1, 0.15) is 57.1 Å². The van der Waals surface area contributed by atoms with Gasteiger partial charge in [0.1, 0.15) is 0 Å². The number of benzene rings is 2. The second-order valence-corrected chi connectivity index (χ2v) is 10.5. The van der Waals surface area contributed by atoms with Crippen LogP contribution in [0.5, 0.6) is 0 Å². The van der Waals surface area contributed by atoms with Crippen LogP contribution in [-0.2, 0) is 21.2 Å². The lowest BCUT2D eigenvalue weighted by Gasteiger charge is -2.25. The molecule has 5 nitrogen and oxygen atoms in total. The molecule has 162 valence electrons. The van der Waals surface area contributed by atoms with Gasteiger partial charge in [0.2, 0.25) is 15.9 Å². The summed E-state index contributed by atoms with van der Waals surface area (Å²) in [4.78, 5) is 12.9. The van der Waals surface area contributed by atoms with E-state index in [0.29, 0.717) is 24.7 Å². The number of carbonyl (C=O) groups excluding carboxylic acids is 1. The van der Waals surface area contributed by atoms with E-state index in [9.17, 15) is 13.2 Å². The van der Waals surface area contributed by atoms with Crippen molar-refractivity contribution in [1.82, 2.24) is 4.31 Å². The van der Waals surface area contributed by atoms with Crippen molar-refractivity contribution < 1.29 is 13.2 Å². The fourth-order valence-corrected chi connectivity index (χ4v) is 5.30. The Morgan fingerprint density at radius 1 is 0.933 bits per heavy atom. The molecule has 1 unspecified atom stereocenters. The van der Waals surface area contributed by atoms with Gasteiger partial charge in [-0.15, -0.1) is 0 Å². The molecule has 1 saturated heterocycles. The second kappa shape index (κ2) is 9.75. The summed E-state index contributed by atoms with van der Waals surface area (Å²) in [6.07, 6.45) is 3.91. The zero-order valence-corrected chi connectivity index (χ0v) is 18.9. The first-order valence-electron chi connectivity index (χ1n) is 10.8. The van der Waals surface area contributed by atoms with Gasteiger partial charge in [-0.1, -0.05) is 44.5 Å². The van der Waals surface area contributed by atoms with Crippen molar-refractivity contribution in [2.45, 2.75) is 57.3 Å². The normalized spacial score (nSPS) is 16.4. The summed E-state index contributed by atoms with van der Waals surface area (Å²) >= 11 is 0. The van der Waals surface area contributed by atoms with E-state index in [2.05, 4.69) is 31.3 Å². The van der Waals surface area contributed by atoms with Gasteiger partial charge in [0, 0.05) is 18.8 Å². The first-order chi connectivity index (χ1) is 14.3. The molecule has 0 aliphatic carbocycles. The van der Waals surface area contributed by atoms with Crippen molar-refractivity contribution >= 4 is 21.6 Å². The quantitative estimate of drug-likeness (QED) is 0.689. The molecule has 1 aliphatic heterocycles. The standard InChI is InChI=1S/C24H32N2O3S/c1-18(2)17-20-7-9-21(10-8-20)19(3)24(27)25-22-11-13-23(14-12-22)30(28,29)26-15-5-4-6-16-26/h7-14,18-19H,4-6,15-17H2,1-3H3,(H,25,27). The summed E-state index contributed by atoms with van der Waals surface area (Å²) in [5, 5.41) is 2.90. The van der Waals surface area contributed by atoms with Crippen LogP contribution in [0.2, 0.25) is 0 Å². The first-order valence-corrected chi connectivity index (χ1v) is 12.2. The highest BCUT2D eigenvalue weighted by atomic mass is 32.2. The minimum Gasteiger partial charge on any atom is -0.326 e. The third kappa shape index (κ3) is 5.49. The molecule has 0 aromatic heterocycles. The van der Waals surface area contributed by atoms with Gasteiger partial charge in [-0.2, -0.15) is 4.31 Å². The molecule has 1 atom stereocenters. The maximum Gasteiger partial charge on any atom is 0.243 e. The number of hydrogen-bond acceptors (Lipinski definition) is 3. The fourth-order valence-electron chi connectivity index (χ4n) is 3.78. The van der Waals surface area contributed by atoms with Gasteiger partial charge >= 0.3 is 0 Å². The molecule has 0 saturated carbocycles. The summed E-state index contributed by atoms with van der Waals surface area (Å²) in [5.41, 5.74) is 2.83. The topological polar surface area (TPSA) is 66.5 Å². The zero-order valence-electron chi connectivity index (χ0n) is 18.1. The molecule has 0 radical (unpaired) electrons. The predicted octanol–water partition coefficient (Wildman–Crippen LogP) is 4.80. The minimum absolute atomic E-state index is 0.113. The van der Waals surface area contributed by atoms with Gasteiger partial charge in [-0.3, -0.25) is 4.79 Å². The lowest BCUT2D eigenvalue weighted by Crippen LogP contribution is -2.35. The van der Waals surface area contributed by atoms with Crippen LogP contribution >= 0.6 is 0 Å². The maximum atomic E-state index is 12.7. The Bertz CT molecular complexity index is 945. The van der Waals surface area contributed by atoms with E-state index in [1.54, 1.807) is 28.6 Å². The molecule has 2 aromatic carbocycles. The number of amides is 1. The molecule has 2 aromatic rings. The second-order valence-electron chi connectivity index (χ2n) is 8.54. The number of sulfonamides is 1. The Balaban J connectivity index is 1.63. The van der Waals surface area contributed by atoms with Crippen molar-refractivity contribution in [3.05, 3.63) is 59.7 Å². The summed E-state index contributed by atoms with van der Waals surface area (Å²) in [7, 11) is -3.46. The number of carbonyl (C=O) groups is 1. The molecule has 6 heteroatoms. The summed E-state index contributed by atoms with van der Waals surface area (Å²) in [6.45, 7) is 7.41. The van der Waals surface area contributed by atoms with Gasteiger partial charge < -0.3 is 5.32 Å². The van der Waals surface area contributed by atoms with E-state index in [1.165, 1.54) is 5.56 Å². The van der Waals surface area contributed by atoms with E-state index in [0.717, 1.165) is 31.2 Å². The monoisotopic (exact) mass is 428 g/mol. The number of anilines is 1. The Labute approximate surface area is 180 Å². The number of hydrogen-bond donors (Lipinski definition) is 1. The van der Waals surface area contributed by atoms with E-state index >= 15 is 0 Å². The highest BCUT2D eigenvalue weighted by Crippen LogP contribution is 2.23. The number of piperidine rings is 1. The molecular weight excluding hydrogens is 396 g/mol. The SMILES string of the molecule is CC(C)Cc1ccc(C(C)C(=O)Nc2ccc(S(=O)(=O)N3CCCCC3)cc2)cc1. The van der Waals surface area contributed by atoms with Crippen LogP contribution in [-0.4, -0.2) is 31.7 Å². The molecule has 1 amide bonds. The Kier molecular flexibility index (Phi) is 7.32. The highest BCUT2D eigenvalue weighted by molar-refractivity contribution is 7.89. The van der Waals surface area contributed by atoms with Crippen LogP contribution < -0.4 is 5.32 Å². The average molecular weight is 429 g/mol. The van der Waals surface area contributed by atoms with Crippen LogP contribution in [0.15, 0.2) is 53.4 Å². The van der Waals surface area contributed by atoms with Crippen molar-refractivity contribution in [2.75, 3.05) is 18.4 Å². The summed E-state index contributed by atoms with van der Waals surface area (Å²) < 4.78 is 27.0. The van der Waals surface area contributed by atoms with E-state index in [4.69, 9.17) is 0 Å². The molecule has 1 aliphatic rings. The van der Waals surface area contributed by atoms with Gasteiger partial charge in [0.05, 0.1) is 10.8 Å². The first kappa shape index (κ1) is 22.5. The van der Waals surface area contributed by atoms with Crippen LogP contribution in [0.25, 0.3) is 0 Å². The third-order valence-electron chi connectivity index (χ3n) is 5.59. The summed E-state index contributed by atoms with van der Waals surface area (Å²) in [6, 6.07) is 14.7. The molecule has 1 N–H and O–H groups in total. The Hall–Kier alpha value is -2.18. The molecule has 1 heterocycles. The molecule has 30 heavy (non-hydrogen) atoms. The van der Waals surface area contributed by atoms with Gasteiger partial charge in [-0.05, 0) is 67.5 Å². The van der Waals surface area contributed by atoms with E-state index in [-0.39, 0.29) is 16.7 Å². The third-order valence-corrected chi connectivity index (χ3v) is 7.50. The predicted molar refractivity (Wildman–Crippen MR) is 121 cm³/mol. The van der Waals surface area contributed by atoms with Crippen molar-refractivity contribution in [1.29, 1.82) is 0 Å². The van der Waals surface area contributed by atoms with E-state index < -0.39 is 10.0 Å². The van der Waals surface area contributed by atoms with Gasteiger partial charge in [0.25, 0.3) is 0 Å². The van der Waals surface area contributed by atoms with Crippen LogP contribution in [0, 0.1) is 5.92 Å². The number of rotatable bonds is 7. The Morgan fingerprint density at radius 2 is 1.53 bits per heavy atom. The lowest BCUT2D eigenvalue weighted by molar-refractivity contribution is -0.117.